The Labute approximate surface area is 161 Å². The molecule has 0 N–H and O–H groups in total. The van der Waals surface area contributed by atoms with Crippen LogP contribution in [-0.2, 0) is 16.4 Å². The van der Waals surface area contributed by atoms with Crippen molar-refractivity contribution in [3.63, 3.8) is 0 Å². The summed E-state index contributed by atoms with van der Waals surface area (Å²) in [5.74, 6) is -3.43. The lowest BCUT2D eigenvalue weighted by molar-refractivity contribution is 0.234. The Morgan fingerprint density at radius 3 is 2.43 bits per heavy atom. The summed E-state index contributed by atoms with van der Waals surface area (Å²) >= 11 is 0. The average molecular weight is 406 g/mol. The van der Waals surface area contributed by atoms with Crippen LogP contribution in [-0.4, -0.2) is 54.6 Å². The molecule has 1 aliphatic heterocycles. The minimum absolute atomic E-state index is 0.307. The molecule has 0 spiro atoms. The number of hydrogen-bond donors (Lipinski definition) is 0. The summed E-state index contributed by atoms with van der Waals surface area (Å²) in [5, 5.41) is 0. The Bertz CT molecular complexity index is 1040. The fraction of sp³-hybridized carbons (Fsp3) is 0.316. The van der Waals surface area contributed by atoms with Gasteiger partial charge in [-0.15, -0.1) is 0 Å². The highest BCUT2D eigenvalue weighted by Crippen LogP contribution is 2.29. The summed E-state index contributed by atoms with van der Waals surface area (Å²) in [4.78, 5) is 8.37. The maximum Gasteiger partial charge on any atom is 0.341 e. The van der Waals surface area contributed by atoms with Crippen LogP contribution in [0.2, 0.25) is 0 Å². The van der Waals surface area contributed by atoms with Crippen molar-refractivity contribution in [2.45, 2.75) is 17.2 Å². The zero-order valence-electron chi connectivity index (χ0n) is 15.1. The number of hydrogen-bond acceptors (Lipinski definition) is 5. The molecule has 1 fully saturated rings. The molecule has 6 nitrogen and oxygen atoms in total. The van der Waals surface area contributed by atoms with E-state index in [0.29, 0.717) is 38.4 Å². The molecule has 9 heteroatoms. The Morgan fingerprint density at radius 1 is 1.00 bits per heavy atom. The monoisotopic (exact) mass is 406 g/mol. The summed E-state index contributed by atoms with van der Waals surface area (Å²) in [6.45, 7) is 3.19. The number of fused-ring (bicyclic) bond motifs is 1. The molecule has 0 unspecified atom stereocenters. The Balaban J connectivity index is 1.46. The van der Waals surface area contributed by atoms with E-state index in [1.165, 1.54) is 12.1 Å². The van der Waals surface area contributed by atoms with Crippen LogP contribution in [0.15, 0.2) is 59.8 Å². The lowest BCUT2D eigenvalue weighted by Gasteiger charge is -2.36. The van der Waals surface area contributed by atoms with Crippen molar-refractivity contribution in [2.75, 3.05) is 31.1 Å². The molecule has 2 aromatic heterocycles. The second-order valence-electron chi connectivity index (χ2n) is 6.73. The number of piperazine rings is 1. The van der Waals surface area contributed by atoms with E-state index in [9.17, 15) is 17.2 Å². The average Bonchev–Trinajstić information content (AvgIpc) is 3.11. The van der Waals surface area contributed by atoms with Gasteiger partial charge in [-0.3, -0.25) is 4.90 Å². The summed E-state index contributed by atoms with van der Waals surface area (Å²) in [7, 11) is -4.64. The normalized spacial score (nSPS) is 16.2. The van der Waals surface area contributed by atoms with Gasteiger partial charge >= 0.3 is 5.76 Å². The molecule has 0 aliphatic carbocycles. The highest BCUT2D eigenvalue weighted by Gasteiger charge is 2.31. The Kier molecular flexibility index (Phi) is 5.03. The summed E-state index contributed by atoms with van der Waals surface area (Å²) in [5.41, 5.74) is 2.19. The number of sulfone groups is 1. The van der Waals surface area contributed by atoms with Crippen molar-refractivity contribution < 1.29 is 17.2 Å². The first-order valence-electron chi connectivity index (χ1n) is 8.96. The second kappa shape index (κ2) is 7.48. The molecule has 0 atom stereocenters. The van der Waals surface area contributed by atoms with Gasteiger partial charge in [0.05, 0.1) is 16.3 Å². The Hall–Kier alpha value is -2.52. The number of rotatable bonds is 5. The maximum absolute atomic E-state index is 13.0. The van der Waals surface area contributed by atoms with Gasteiger partial charge in [-0.25, -0.2) is 13.4 Å². The number of benzene rings is 1. The van der Waals surface area contributed by atoms with E-state index >= 15 is 0 Å². The van der Waals surface area contributed by atoms with Crippen molar-refractivity contribution in [3.05, 3.63) is 60.6 Å². The quantitative estimate of drug-likeness (QED) is 0.652. The molecular weight excluding hydrogens is 386 g/mol. The first-order valence-corrected chi connectivity index (χ1v) is 10.5. The van der Waals surface area contributed by atoms with Gasteiger partial charge in [-0.1, -0.05) is 18.2 Å². The molecule has 3 heterocycles. The third-order valence-corrected chi connectivity index (χ3v) is 6.35. The topological polar surface area (TPSA) is 57.9 Å². The molecule has 1 saturated heterocycles. The minimum Gasteiger partial charge on any atom is -0.368 e. The van der Waals surface area contributed by atoms with Gasteiger partial charge in [0.15, 0.2) is 0 Å². The van der Waals surface area contributed by atoms with E-state index in [4.69, 9.17) is 0 Å². The second-order valence-corrected chi connectivity index (χ2v) is 8.62. The van der Waals surface area contributed by atoms with Crippen molar-refractivity contribution in [1.82, 2.24) is 14.3 Å². The van der Waals surface area contributed by atoms with Gasteiger partial charge in [0.2, 0.25) is 9.84 Å². The van der Waals surface area contributed by atoms with Crippen LogP contribution >= 0.6 is 0 Å². The molecule has 1 aliphatic rings. The van der Waals surface area contributed by atoms with Gasteiger partial charge in [0, 0.05) is 45.1 Å². The molecule has 148 valence electrons. The van der Waals surface area contributed by atoms with Crippen molar-refractivity contribution in [3.8, 4) is 0 Å². The van der Waals surface area contributed by atoms with Crippen molar-refractivity contribution in [1.29, 1.82) is 0 Å². The van der Waals surface area contributed by atoms with E-state index in [1.54, 1.807) is 12.1 Å². The largest absolute Gasteiger partial charge is 0.368 e. The first kappa shape index (κ1) is 18.8. The lowest BCUT2D eigenvalue weighted by atomic mass is 10.2. The predicted molar refractivity (Wildman–Crippen MR) is 102 cm³/mol. The zero-order valence-corrected chi connectivity index (χ0v) is 15.9. The number of anilines is 1. The first-order chi connectivity index (χ1) is 13.4. The fourth-order valence-corrected chi connectivity index (χ4v) is 4.44. The summed E-state index contributed by atoms with van der Waals surface area (Å²) < 4.78 is 52.0. The van der Waals surface area contributed by atoms with Gasteiger partial charge in [0.1, 0.15) is 5.65 Å². The van der Waals surface area contributed by atoms with E-state index in [1.807, 2.05) is 39.9 Å². The van der Waals surface area contributed by atoms with E-state index in [0.717, 1.165) is 11.3 Å². The molecule has 0 bridgehead atoms. The number of para-hydroxylation sites is 1. The summed E-state index contributed by atoms with van der Waals surface area (Å²) in [6, 6.07) is 11.8. The number of halogens is 2. The van der Waals surface area contributed by atoms with Crippen LogP contribution in [0.5, 0.6) is 0 Å². The molecule has 0 radical (unpaired) electrons. The fourth-order valence-electron chi connectivity index (χ4n) is 3.49. The molecule has 0 amide bonds. The third-order valence-electron chi connectivity index (χ3n) is 4.92. The van der Waals surface area contributed by atoms with Crippen LogP contribution in [0.3, 0.4) is 0 Å². The van der Waals surface area contributed by atoms with Gasteiger partial charge in [-0.05, 0) is 24.3 Å². The minimum atomic E-state index is -4.64. The van der Waals surface area contributed by atoms with Crippen LogP contribution in [0, 0.1) is 0 Å². The molecule has 1 aromatic carbocycles. The van der Waals surface area contributed by atoms with E-state index in [-0.39, 0.29) is 4.90 Å². The predicted octanol–water partition coefficient (Wildman–Crippen LogP) is 2.65. The van der Waals surface area contributed by atoms with Crippen LogP contribution in [0.25, 0.3) is 5.65 Å². The molecule has 4 rings (SSSR count). The maximum atomic E-state index is 13.0. The Morgan fingerprint density at radius 2 is 1.71 bits per heavy atom. The SMILES string of the molecule is O=S(=O)(c1ccccc1N1CCN(Cc2cn3ccccc3n2)CC1)C(F)F. The van der Waals surface area contributed by atoms with Crippen molar-refractivity contribution >= 4 is 21.2 Å². The number of nitrogens with zero attached hydrogens (tertiary/aromatic N) is 4. The number of aromatic nitrogens is 2. The highest BCUT2D eigenvalue weighted by atomic mass is 32.2. The molecular formula is C19H20F2N4O2S. The summed E-state index contributed by atoms with van der Waals surface area (Å²) in [6.07, 6.45) is 3.94. The van der Waals surface area contributed by atoms with Crippen LogP contribution < -0.4 is 4.90 Å². The molecule has 28 heavy (non-hydrogen) atoms. The highest BCUT2D eigenvalue weighted by molar-refractivity contribution is 7.91. The zero-order chi connectivity index (χ0) is 19.7. The van der Waals surface area contributed by atoms with Crippen LogP contribution in [0.1, 0.15) is 5.69 Å². The van der Waals surface area contributed by atoms with Gasteiger partial charge in [0.25, 0.3) is 0 Å². The smallest absolute Gasteiger partial charge is 0.341 e. The molecule has 0 saturated carbocycles. The number of imidazole rings is 1. The molecule has 3 aromatic rings. The van der Waals surface area contributed by atoms with Crippen LogP contribution in [0.4, 0.5) is 14.5 Å². The standard InChI is InChI=1S/C19H20F2N4O2S/c20-19(21)28(26,27)17-6-2-1-5-16(17)24-11-9-23(10-12-24)13-15-14-25-8-4-3-7-18(25)22-15/h1-8,14,19H,9-13H2. The lowest BCUT2D eigenvalue weighted by Crippen LogP contribution is -2.46. The number of alkyl halides is 2. The van der Waals surface area contributed by atoms with Gasteiger partial charge < -0.3 is 9.30 Å². The van der Waals surface area contributed by atoms with E-state index in [2.05, 4.69) is 9.88 Å². The third kappa shape index (κ3) is 3.59. The number of pyridine rings is 1. The van der Waals surface area contributed by atoms with Crippen molar-refractivity contribution in [2.24, 2.45) is 0 Å². The van der Waals surface area contributed by atoms with Gasteiger partial charge in [-0.2, -0.15) is 8.78 Å². The van der Waals surface area contributed by atoms with E-state index < -0.39 is 15.6 Å².